The molecule has 4 N–H and O–H groups in total. The van der Waals surface area contributed by atoms with Gasteiger partial charge in [0, 0.05) is 18.3 Å². The standard InChI is InChI=1S/C15H22ClN3O/c1-15(2)7-4-8-18-12(15)9-19-11-6-3-5-10(16)13(11)14(17)20/h3,5-6,12,18-19H,4,7-9H2,1-2H3,(H2,17,20). The van der Waals surface area contributed by atoms with Gasteiger partial charge in [-0.15, -0.1) is 0 Å². The van der Waals surface area contributed by atoms with Gasteiger partial charge in [0.2, 0.25) is 0 Å². The maximum absolute atomic E-state index is 11.5. The molecule has 5 heteroatoms. The smallest absolute Gasteiger partial charge is 0.252 e. The van der Waals surface area contributed by atoms with Gasteiger partial charge in [0.15, 0.2) is 0 Å². The molecule has 1 aromatic carbocycles. The zero-order valence-corrected chi connectivity index (χ0v) is 12.8. The second-order valence-corrected chi connectivity index (χ2v) is 6.41. The summed E-state index contributed by atoms with van der Waals surface area (Å²) in [6.07, 6.45) is 2.40. The number of primary amides is 1. The lowest BCUT2D eigenvalue weighted by atomic mass is 9.77. The Morgan fingerprint density at radius 2 is 2.30 bits per heavy atom. The Hall–Kier alpha value is -1.26. The van der Waals surface area contributed by atoms with Crippen LogP contribution in [0.15, 0.2) is 18.2 Å². The summed E-state index contributed by atoms with van der Waals surface area (Å²) < 4.78 is 0. The SMILES string of the molecule is CC1(C)CCCNC1CNc1cccc(Cl)c1C(N)=O. The fraction of sp³-hybridized carbons (Fsp3) is 0.533. The van der Waals surface area contributed by atoms with Gasteiger partial charge in [-0.2, -0.15) is 0 Å². The summed E-state index contributed by atoms with van der Waals surface area (Å²) in [6.45, 7) is 6.30. The minimum atomic E-state index is -0.506. The summed E-state index contributed by atoms with van der Waals surface area (Å²) >= 11 is 6.05. The molecule has 0 spiro atoms. The molecule has 1 aliphatic rings. The van der Waals surface area contributed by atoms with Crippen molar-refractivity contribution in [3.63, 3.8) is 0 Å². The Morgan fingerprint density at radius 1 is 1.55 bits per heavy atom. The van der Waals surface area contributed by atoms with E-state index in [0.29, 0.717) is 22.3 Å². The molecule has 0 bridgehead atoms. The van der Waals surface area contributed by atoms with E-state index in [-0.39, 0.29) is 5.41 Å². The van der Waals surface area contributed by atoms with E-state index in [2.05, 4.69) is 24.5 Å². The Balaban J connectivity index is 2.11. The van der Waals surface area contributed by atoms with Gasteiger partial charge in [0.1, 0.15) is 0 Å². The number of rotatable bonds is 4. The number of carbonyl (C=O) groups is 1. The third-order valence-corrected chi connectivity index (χ3v) is 4.40. The minimum Gasteiger partial charge on any atom is -0.383 e. The Bertz CT molecular complexity index is 502. The molecule has 1 unspecified atom stereocenters. The number of anilines is 1. The zero-order valence-electron chi connectivity index (χ0n) is 12.0. The fourth-order valence-electron chi connectivity index (χ4n) is 2.75. The highest BCUT2D eigenvalue weighted by molar-refractivity contribution is 6.34. The molecule has 1 aromatic rings. The van der Waals surface area contributed by atoms with Gasteiger partial charge in [-0.3, -0.25) is 4.79 Å². The number of amides is 1. The fourth-order valence-corrected chi connectivity index (χ4v) is 3.02. The summed E-state index contributed by atoms with van der Waals surface area (Å²) in [4.78, 5) is 11.5. The zero-order chi connectivity index (χ0) is 14.8. The van der Waals surface area contributed by atoms with Gasteiger partial charge in [-0.25, -0.2) is 0 Å². The van der Waals surface area contributed by atoms with E-state index >= 15 is 0 Å². The number of hydrogen-bond donors (Lipinski definition) is 3. The normalized spacial score (nSPS) is 21.4. The number of nitrogens with two attached hydrogens (primary N) is 1. The van der Waals surface area contributed by atoms with E-state index in [4.69, 9.17) is 17.3 Å². The maximum atomic E-state index is 11.5. The number of hydrogen-bond acceptors (Lipinski definition) is 3. The topological polar surface area (TPSA) is 67.2 Å². The second kappa shape index (κ2) is 6.02. The Kier molecular flexibility index (Phi) is 4.55. The van der Waals surface area contributed by atoms with Crippen LogP contribution in [0.3, 0.4) is 0 Å². The maximum Gasteiger partial charge on any atom is 0.252 e. The molecule has 0 aliphatic carbocycles. The number of piperidine rings is 1. The average molecular weight is 296 g/mol. The van der Waals surface area contributed by atoms with Crippen LogP contribution in [-0.4, -0.2) is 25.0 Å². The summed E-state index contributed by atoms with van der Waals surface area (Å²) in [6, 6.07) is 5.68. The van der Waals surface area contributed by atoms with E-state index < -0.39 is 5.91 Å². The van der Waals surface area contributed by atoms with Crippen LogP contribution in [-0.2, 0) is 0 Å². The van der Waals surface area contributed by atoms with Gasteiger partial charge < -0.3 is 16.4 Å². The molecule has 4 nitrogen and oxygen atoms in total. The Labute approximate surface area is 125 Å². The van der Waals surface area contributed by atoms with E-state index in [9.17, 15) is 4.79 Å². The average Bonchev–Trinajstić information content (AvgIpc) is 2.36. The van der Waals surface area contributed by atoms with E-state index in [1.807, 2.05) is 12.1 Å². The quantitative estimate of drug-likeness (QED) is 0.800. The van der Waals surface area contributed by atoms with Crippen LogP contribution >= 0.6 is 11.6 Å². The van der Waals surface area contributed by atoms with Crippen LogP contribution < -0.4 is 16.4 Å². The van der Waals surface area contributed by atoms with E-state index in [1.165, 1.54) is 12.8 Å². The van der Waals surface area contributed by atoms with Crippen molar-refractivity contribution in [3.8, 4) is 0 Å². The summed E-state index contributed by atoms with van der Waals surface area (Å²) in [5.41, 5.74) is 6.70. The third kappa shape index (κ3) is 3.25. The highest BCUT2D eigenvalue weighted by atomic mass is 35.5. The monoisotopic (exact) mass is 295 g/mol. The first-order chi connectivity index (χ1) is 9.42. The molecule has 20 heavy (non-hydrogen) atoms. The summed E-state index contributed by atoms with van der Waals surface area (Å²) in [5, 5.41) is 7.23. The molecule has 1 aliphatic heterocycles. The molecule has 1 heterocycles. The van der Waals surface area contributed by atoms with Crippen LogP contribution in [0.5, 0.6) is 0 Å². The highest BCUT2D eigenvalue weighted by Crippen LogP contribution is 2.31. The molecule has 1 fully saturated rings. The molecule has 0 radical (unpaired) electrons. The number of halogens is 1. The minimum absolute atomic E-state index is 0.233. The molecule has 110 valence electrons. The van der Waals surface area contributed by atoms with Crippen molar-refractivity contribution in [2.75, 3.05) is 18.4 Å². The largest absolute Gasteiger partial charge is 0.383 e. The van der Waals surface area contributed by atoms with Crippen molar-refractivity contribution >= 4 is 23.2 Å². The highest BCUT2D eigenvalue weighted by Gasteiger charge is 2.31. The predicted octanol–water partition coefficient (Wildman–Crippen LogP) is 2.63. The molecular formula is C15H22ClN3O. The lowest BCUT2D eigenvalue weighted by molar-refractivity contribution is 0.100. The molecule has 0 aromatic heterocycles. The van der Waals surface area contributed by atoms with E-state index in [0.717, 1.165) is 13.1 Å². The van der Waals surface area contributed by atoms with Crippen molar-refractivity contribution in [2.24, 2.45) is 11.1 Å². The third-order valence-electron chi connectivity index (χ3n) is 4.09. The van der Waals surface area contributed by atoms with Crippen LogP contribution in [0.4, 0.5) is 5.69 Å². The van der Waals surface area contributed by atoms with Crippen molar-refractivity contribution in [3.05, 3.63) is 28.8 Å². The van der Waals surface area contributed by atoms with Gasteiger partial charge in [-0.1, -0.05) is 31.5 Å². The van der Waals surface area contributed by atoms with Crippen molar-refractivity contribution in [1.82, 2.24) is 5.32 Å². The molecule has 1 atom stereocenters. The first-order valence-electron chi connectivity index (χ1n) is 6.97. The summed E-state index contributed by atoms with van der Waals surface area (Å²) in [7, 11) is 0. The van der Waals surface area contributed by atoms with Crippen molar-refractivity contribution in [2.45, 2.75) is 32.7 Å². The summed E-state index contributed by atoms with van der Waals surface area (Å²) in [5.74, 6) is -0.506. The first kappa shape index (κ1) is 15.1. The number of benzene rings is 1. The number of carbonyl (C=O) groups excluding carboxylic acids is 1. The van der Waals surface area contributed by atoms with Gasteiger partial charge in [-0.05, 0) is 36.9 Å². The van der Waals surface area contributed by atoms with Crippen LogP contribution in [0.1, 0.15) is 37.0 Å². The molecule has 2 rings (SSSR count). The lowest BCUT2D eigenvalue weighted by Crippen LogP contribution is -2.50. The lowest BCUT2D eigenvalue weighted by Gasteiger charge is -2.39. The second-order valence-electron chi connectivity index (χ2n) is 6.01. The Morgan fingerprint density at radius 3 is 2.95 bits per heavy atom. The number of nitrogens with one attached hydrogen (secondary N) is 2. The predicted molar refractivity (Wildman–Crippen MR) is 83.3 cm³/mol. The molecule has 0 saturated carbocycles. The van der Waals surface area contributed by atoms with Crippen LogP contribution in [0.2, 0.25) is 5.02 Å². The molecule has 1 amide bonds. The van der Waals surface area contributed by atoms with Gasteiger partial charge in [0.25, 0.3) is 5.91 Å². The van der Waals surface area contributed by atoms with Crippen LogP contribution in [0, 0.1) is 5.41 Å². The molecule has 1 saturated heterocycles. The van der Waals surface area contributed by atoms with E-state index in [1.54, 1.807) is 6.07 Å². The van der Waals surface area contributed by atoms with Crippen molar-refractivity contribution in [1.29, 1.82) is 0 Å². The van der Waals surface area contributed by atoms with Crippen LogP contribution in [0.25, 0.3) is 0 Å². The van der Waals surface area contributed by atoms with Gasteiger partial charge >= 0.3 is 0 Å². The van der Waals surface area contributed by atoms with Gasteiger partial charge in [0.05, 0.1) is 10.6 Å². The van der Waals surface area contributed by atoms with Crippen molar-refractivity contribution < 1.29 is 4.79 Å². The first-order valence-corrected chi connectivity index (χ1v) is 7.35. The molecular weight excluding hydrogens is 274 g/mol.